The minimum Gasteiger partial charge on any atom is -0.381 e. The SMILES string of the molecule is Nc1nn2cc(F)cnc2c1C(=O)Nc1cnccc1-c1cccnc1Cl. The first-order chi connectivity index (χ1) is 13.0. The Morgan fingerprint density at radius 3 is 2.85 bits per heavy atom. The normalized spacial score (nSPS) is 10.9. The van der Waals surface area contributed by atoms with Crippen LogP contribution in [0.25, 0.3) is 16.8 Å². The Balaban J connectivity index is 1.75. The number of amides is 1. The van der Waals surface area contributed by atoms with Crippen molar-refractivity contribution in [1.29, 1.82) is 0 Å². The van der Waals surface area contributed by atoms with E-state index >= 15 is 0 Å². The maximum absolute atomic E-state index is 13.3. The number of nitrogens with two attached hydrogens (primary N) is 1. The van der Waals surface area contributed by atoms with Crippen LogP contribution in [0.5, 0.6) is 0 Å². The molecule has 27 heavy (non-hydrogen) atoms. The van der Waals surface area contributed by atoms with Gasteiger partial charge in [0.25, 0.3) is 5.91 Å². The van der Waals surface area contributed by atoms with Crippen molar-refractivity contribution in [3.63, 3.8) is 0 Å². The van der Waals surface area contributed by atoms with Crippen LogP contribution in [-0.2, 0) is 0 Å². The summed E-state index contributed by atoms with van der Waals surface area (Å²) in [5.74, 6) is -1.23. The topological polar surface area (TPSA) is 111 Å². The molecule has 10 heteroatoms. The van der Waals surface area contributed by atoms with Crippen molar-refractivity contribution in [3.8, 4) is 11.1 Å². The Morgan fingerprint density at radius 2 is 2.04 bits per heavy atom. The van der Waals surface area contributed by atoms with Crippen LogP contribution in [0.1, 0.15) is 10.4 Å². The van der Waals surface area contributed by atoms with Crippen molar-refractivity contribution in [2.24, 2.45) is 0 Å². The van der Waals surface area contributed by atoms with E-state index in [0.29, 0.717) is 16.8 Å². The number of nitrogen functional groups attached to an aromatic ring is 1. The first kappa shape index (κ1) is 16.9. The summed E-state index contributed by atoms with van der Waals surface area (Å²) in [6.45, 7) is 0. The predicted molar refractivity (Wildman–Crippen MR) is 97.8 cm³/mol. The maximum atomic E-state index is 13.3. The first-order valence-corrected chi connectivity index (χ1v) is 8.08. The van der Waals surface area contributed by atoms with Gasteiger partial charge in [0.05, 0.1) is 24.3 Å². The largest absolute Gasteiger partial charge is 0.381 e. The number of aromatic nitrogens is 5. The van der Waals surface area contributed by atoms with E-state index in [-0.39, 0.29) is 22.2 Å². The fourth-order valence-corrected chi connectivity index (χ4v) is 2.87. The van der Waals surface area contributed by atoms with Crippen molar-refractivity contribution < 1.29 is 9.18 Å². The molecule has 3 N–H and O–H groups in total. The second kappa shape index (κ2) is 6.61. The molecule has 134 valence electrons. The van der Waals surface area contributed by atoms with E-state index in [1.165, 1.54) is 6.20 Å². The Hall–Kier alpha value is -3.59. The fourth-order valence-electron chi connectivity index (χ4n) is 2.65. The van der Waals surface area contributed by atoms with E-state index in [1.54, 1.807) is 30.6 Å². The minimum absolute atomic E-state index is 0.0297. The van der Waals surface area contributed by atoms with Crippen LogP contribution in [-0.4, -0.2) is 30.5 Å². The number of anilines is 2. The van der Waals surface area contributed by atoms with E-state index in [4.69, 9.17) is 17.3 Å². The van der Waals surface area contributed by atoms with E-state index in [0.717, 1.165) is 16.9 Å². The number of fused-ring (bicyclic) bond motifs is 1. The number of pyridine rings is 2. The third-order valence-electron chi connectivity index (χ3n) is 3.81. The Labute approximate surface area is 156 Å². The second-order valence-corrected chi connectivity index (χ2v) is 5.88. The van der Waals surface area contributed by atoms with Gasteiger partial charge in [0, 0.05) is 23.5 Å². The maximum Gasteiger partial charge on any atom is 0.263 e. The van der Waals surface area contributed by atoms with Gasteiger partial charge < -0.3 is 11.1 Å². The third-order valence-corrected chi connectivity index (χ3v) is 4.11. The van der Waals surface area contributed by atoms with Crippen LogP contribution in [0.4, 0.5) is 15.9 Å². The van der Waals surface area contributed by atoms with Crippen LogP contribution in [0.2, 0.25) is 5.15 Å². The molecule has 4 heterocycles. The highest BCUT2D eigenvalue weighted by molar-refractivity contribution is 6.32. The zero-order chi connectivity index (χ0) is 19.0. The Kier molecular flexibility index (Phi) is 4.13. The molecular weight excluding hydrogens is 373 g/mol. The van der Waals surface area contributed by atoms with Crippen LogP contribution < -0.4 is 11.1 Å². The molecule has 0 radical (unpaired) electrons. The van der Waals surface area contributed by atoms with Gasteiger partial charge in [-0.25, -0.2) is 18.9 Å². The number of rotatable bonds is 3. The third kappa shape index (κ3) is 3.04. The van der Waals surface area contributed by atoms with Gasteiger partial charge in [-0.2, -0.15) is 0 Å². The van der Waals surface area contributed by atoms with E-state index in [2.05, 4.69) is 25.4 Å². The molecule has 8 nitrogen and oxygen atoms in total. The second-order valence-electron chi connectivity index (χ2n) is 5.52. The monoisotopic (exact) mass is 383 g/mol. The van der Waals surface area contributed by atoms with Crippen LogP contribution in [0.3, 0.4) is 0 Å². The summed E-state index contributed by atoms with van der Waals surface area (Å²) >= 11 is 6.16. The molecule has 4 aromatic heterocycles. The van der Waals surface area contributed by atoms with Crippen molar-refractivity contribution in [2.45, 2.75) is 0 Å². The van der Waals surface area contributed by atoms with Crippen molar-refractivity contribution >= 4 is 34.7 Å². The molecule has 0 aliphatic rings. The van der Waals surface area contributed by atoms with Crippen molar-refractivity contribution in [3.05, 3.63) is 65.7 Å². The fraction of sp³-hybridized carbons (Fsp3) is 0. The Bertz CT molecular complexity index is 1180. The molecule has 0 spiro atoms. The summed E-state index contributed by atoms with van der Waals surface area (Å²) in [5, 5.41) is 6.93. The predicted octanol–water partition coefficient (Wildman–Crippen LogP) is 2.81. The highest BCUT2D eigenvalue weighted by Crippen LogP contribution is 2.32. The number of hydrogen-bond donors (Lipinski definition) is 2. The average Bonchev–Trinajstić information content (AvgIpc) is 2.97. The molecule has 0 aliphatic heterocycles. The number of nitrogens with one attached hydrogen (secondary N) is 1. The summed E-state index contributed by atoms with van der Waals surface area (Å²) in [6.07, 6.45) is 6.68. The molecule has 0 aromatic carbocycles. The van der Waals surface area contributed by atoms with Gasteiger partial charge in [-0.15, -0.1) is 5.10 Å². The standard InChI is InChI=1S/C17H11ClFN7O/c18-14-11(2-1-4-22-14)10-3-5-21-7-12(10)24-17(27)13-15(20)25-26-8-9(19)6-23-16(13)26/h1-8H,(H2,20,25)(H,24,27). The molecule has 0 fully saturated rings. The quantitative estimate of drug-likeness (QED) is 0.526. The van der Waals surface area contributed by atoms with Gasteiger partial charge in [0.1, 0.15) is 10.7 Å². The van der Waals surface area contributed by atoms with E-state index in [1.807, 2.05) is 0 Å². The molecule has 1 amide bonds. The van der Waals surface area contributed by atoms with Crippen molar-refractivity contribution in [2.75, 3.05) is 11.1 Å². The van der Waals surface area contributed by atoms with E-state index in [9.17, 15) is 9.18 Å². The number of carbonyl (C=O) groups excluding carboxylic acids is 1. The summed E-state index contributed by atoms with van der Waals surface area (Å²) in [4.78, 5) is 24.8. The average molecular weight is 384 g/mol. The summed E-state index contributed by atoms with van der Waals surface area (Å²) in [6, 6.07) is 5.20. The smallest absolute Gasteiger partial charge is 0.263 e. The molecule has 0 atom stereocenters. The molecule has 0 bridgehead atoms. The lowest BCUT2D eigenvalue weighted by atomic mass is 10.1. The molecule has 4 rings (SSSR count). The van der Waals surface area contributed by atoms with Gasteiger partial charge >= 0.3 is 0 Å². The lowest BCUT2D eigenvalue weighted by Gasteiger charge is -2.11. The Morgan fingerprint density at radius 1 is 1.19 bits per heavy atom. The van der Waals surface area contributed by atoms with E-state index < -0.39 is 11.7 Å². The highest BCUT2D eigenvalue weighted by Gasteiger charge is 2.21. The van der Waals surface area contributed by atoms with Crippen LogP contribution in [0, 0.1) is 5.82 Å². The van der Waals surface area contributed by atoms with Crippen molar-refractivity contribution in [1.82, 2.24) is 24.6 Å². The zero-order valence-electron chi connectivity index (χ0n) is 13.6. The first-order valence-electron chi connectivity index (χ1n) is 7.70. The number of hydrogen-bond acceptors (Lipinski definition) is 6. The molecule has 0 aliphatic carbocycles. The lowest BCUT2D eigenvalue weighted by Crippen LogP contribution is -2.14. The van der Waals surface area contributed by atoms with Gasteiger partial charge in [-0.05, 0) is 18.2 Å². The number of halogens is 2. The number of nitrogens with zero attached hydrogens (tertiary/aromatic N) is 5. The van der Waals surface area contributed by atoms with Crippen LogP contribution >= 0.6 is 11.6 Å². The van der Waals surface area contributed by atoms with Gasteiger partial charge in [0.15, 0.2) is 17.3 Å². The molecule has 0 saturated heterocycles. The molecule has 4 aromatic rings. The van der Waals surface area contributed by atoms with Gasteiger partial charge in [-0.3, -0.25) is 9.78 Å². The van der Waals surface area contributed by atoms with Gasteiger partial charge in [0.2, 0.25) is 0 Å². The zero-order valence-corrected chi connectivity index (χ0v) is 14.4. The summed E-state index contributed by atoms with van der Waals surface area (Å²) < 4.78 is 14.4. The summed E-state index contributed by atoms with van der Waals surface area (Å²) in [5.41, 5.74) is 7.66. The molecular formula is C17H11ClFN7O. The summed E-state index contributed by atoms with van der Waals surface area (Å²) in [7, 11) is 0. The van der Waals surface area contributed by atoms with Crippen LogP contribution in [0.15, 0.2) is 49.2 Å². The lowest BCUT2D eigenvalue weighted by molar-refractivity contribution is 0.102. The highest BCUT2D eigenvalue weighted by atomic mass is 35.5. The van der Waals surface area contributed by atoms with Gasteiger partial charge in [-0.1, -0.05) is 11.6 Å². The molecule has 0 unspecified atom stereocenters. The molecule has 0 saturated carbocycles. The minimum atomic E-state index is -0.599. The number of carbonyl (C=O) groups is 1.